The van der Waals surface area contributed by atoms with Crippen molar-refractivity contribution in [3.8, 4) is 5.69 Å². The Kier molecular flexibility index (Phi) is 5.99. The van der Waals surface area contributed by atoms with Crippen molar-refractivity contribution in [2.24, 2.45) is 5.41 Å². The van der Waals surface area contributed by atoms with Crippen molar-refractivity contribution in [1.29, 1.82) is 0 Å². The maximum atomic E-state index is 13.5. The van der Waals surface area contributed by atoms with E-state index in [9.17, 15) is 12.8 Å². The number of pyridine rings is 1. The van der Waals surface area contributed by atoms with Gasteiger partial charge in [0.25, 0.3) is 10.0 Å². The Morgan fingerprint density at radius 1 is 1.06 bits per heavy atom. The van der Waals surface area contributed by atoms with Gasteiger partial charge in [0, 0.05) is 44.3 Å². The Bertz CT molecular complexity index is 1380. The summed E-state index contributed by atoms with van der Waals surface area (Å²) < 4.78 is 49.6. The molecule has 2 saturated heterocycles. The van der Waals surface area contributed by atoms with Crippen LogP contribution < -0.4 is 0 Å². The van der Waals surface area contributed by atoms with E-state index in [0.717, 1.165) is 36.6 Å². The number of halogens is 1. The van der Waals surface area contributed by atoms with Gasteiger partial charge >= 0.3 is 0 Å². The number of sulfonamides is 1. The first-order valence-corrected chi connectivity index (χ1v) is 13.6. The summed E-state index contributed by atoms with van der Waals surface area (Å²) >= 11 is 0. The Balaban J connectivity index is 1.38. The van der Waals surface area contributed by atoms with Gasteiger partial charge in [0.1, 0.15) is 5.82 Å². The van der Waals surface area contributed by atoms with Crippen molar-refractivity contribution >= 4 is 16.1 Å². The fraction of sp³-hybridized carbons (Fsp3) is 0.385. The van der Waals surface area contributed by atoms with Crippen LogP contribution in [0.3, 0.4) is 0 Å². The van der Waals surface area contributed by atoms with Gasteiger partial charge in [-0.15, -0.1) is 0 Å². The van der Waals surface area contributed by atoms with Gasteiger partial charge in [0.15, 0.2) is 5.03 Å². The number of aromatic nitrogens is 3. The molecule has 1 unspecified atom stereocenters. The summed E-state index contributed by atoms with van der Waals surface area (Å²) in [5, 5.41) is 4.71. The van der Waals surface area contributed by atoms with Crippen LogP contribution in [0.25, 0.3) is 11.8 Å². The van der Waals surface area contributed by atoms with Crippen molar-refractivity contribution < 1.29 is 17.5 Å². The Hall–Kier alpha value is -2.92. The molecule has 0 N–H and O–H groups in total. The van der Waals surface area contributed by atoms with Crippen molar-refractivity contribution in [1.82, 2.24) is 24.0 Å². The number of ether oxygens (including phenoxy) is 1. The molecule has 2 aliphatic heterocycles. The van der Waals surface area contributed by atoms with Crippen LogP contribution in [0.4, 0.5) is 4.39 Å². The molecule has 0 spiro atoms. The van der Waals surface area contributed by atoms with Gasteiger partial charge in [-0.05, 0) is 60.9 Å². The first-order chi connectivity index (χ1) is 17.4. The maximum absolute atomic E-state index is 13.5. The molecule has 0 amide bonds. The minimum atomic E-state index is -3.72. The number of rotatable bonds is 5. The summed E-state index contributed by atoms with van der Waals surface area (Å²) in [6.45, 7) is 4.54. The fourth-order valence-corrected chi connectivity index (χ4v) is 7.11. The van der Waals surface area contributed by atoms with E-state index in [2.05, 4.69) is 21.1 Å². The van der Waals surface area contributed by atoms with Crippen molar-refractivity contribution in [2.75, 3.05) is 45.9 Å². The lowest BCUT2D eigenvalue weighted by atomic mass is 9.68. The average Bonchev–Trinajstić information content (AvgIpc) is 3.30. The van der Waals surface area contributed by atoms with E-state index in [1.54, 1.807) is 34.6 Å². The lowest BCUT2D eigenvalue weighted by Gasteiger charge is -2.48. The summed E-state index contributed by atoms with van der Waals surface area (Å²) in [7, 11) is -3.72. The topological polar surface area (TPSA) is 80.6 Å². The minimum Gasteiger partial charge on any atom is -0.379 e. The van der Waals surface area contributed by atoms with Crippen LogP contribution in [0.15, 0.2) is 65.5 Å². The molecule has 188 valence electrons. The van der Waals surface area contributed by atoms with Gasteiger partial charge < -0.3 is 4.74 Å². The van der Waals surface area contributed by atoms with E-state index in [1.807, 2.05) is 10.9 Å². The highest BCUT2D eigenvalue weighted by Crippen LogP contribution is 2.46. The highest BCUT2D eigenvalue weighted by molar-refractivity contribution is 7.89. The SMILES string of the molecule is O=S(=O)(c1ccccn1)N1CCC2=Cc3c(cnn3-c3ccc(F)cc3)CC2(CN2CCOCC2)C1. The number of fused-ring (bicyclic) bond motifs is 2. The third kappa shape index (κ3) is 4.17. The Morgan fingerprint density at radius 2 is 1.86 bits per heavy atom. The van der Waals surface area contributed by atoms with Crippen LogP contribution >= 0.6 is 0 Å². The van der Waals surface area contributed by atoms with E-state index < -0.39 is 10.0 Å². The molecule has 0 bridgehead atoms. The molecule has 3 aromatic rings. The number of hydrogen-bond acceptors (Lipinski definition) is 6. The minimum absolute atomic E-state index is 0.0829. The predicted molar refractivity (Wildman–Crippen MR) is 133 cm³/mol. The second kappa shape index (κ2) is 9.19. The van der Waals surface area contributed by atoms with Crippen LogP contribution in [0.5, 0.6) is 0 Å². The molecule has 6 rings (SSSR count). The Morgan fingerprint density at radius 3 is 2.61 bits per heavy atom. The molecule has 36 heavy (non-hydrogen) atoms. The standard InChI is InChI=1S/C26H28FN5O3S/c27-22-4-6-23(7-5-22)32-24-15-21-8-10-31(36(33,34)25-3-1-2-9-28-25)19-26(21,16-20(24)17-29-32)18-30-11-13-35-14-12-30/h1-7,9,15,17H,8,10-14,16,18-19H2. The van der Waals surface area contributed by atoms with Crippen LogP contribution in [-0.2, 0) is 21.2 Å². The summed E-state index contributed by atoms with van der Waals surface area (Å²) in [6.07, 6.45) is 6.87. The monoisotopic (exact) mass is 509 g/mol. The van der Waals surface area contributed by atoms with Gasteiger partial charge in [0.2, 0.25) is 0 Å². The predicted octanol–water partition coefficient (Wildman–Crippen LogP) is 2.76. The third-order valence-corrected chi connectivity index (χ3v) is 9.22. The highest BCUT2D eigenvalue weighted by atomic mass is 32.2. The van der Waals surface area contributed by atoms with Crippen LogP contribution in [0, 0.1) is 11.2 Å². The lowest BCUT2D eigenvalue weighted by molar-refractivity contribution is 0.0153. The summed E-state index contributed by atoms with van der Waals surface area (Å²) in [5.74, 6) is -0.288. The Labute approximate surface area is 210 Å². The summed E-state index contributed by atoms with van der Waals surface area (Å²) in [5.41, 5.74) is 3.70. The van der Waals surface area contributed by atoms with Crippen molar-refractivity contribution in [3.05, 3.63) is 77.5 Å². The van der Waals surface area contributed by atoms with Crippen LogP contribution in [0.2, 0.25) is 0 Å². The van der Waals surface area contributed by atoms with Crippen LogP contribution in [0.1, 0.15) is 17.7 Å². The summed E-state index contributed by atoms with van der Waals surface area (Å²) in [4.78, 5) is 6.51. The molecule has 1 atom stereocenters. The zero-order valence-electron chi connectivity index (χ0n) is 19.9. The van der Waals surface area contributed by atoms with Crippen molar-refractivity contribution in [3.63, 3.8) is 0 Å². The number of nitrogens with zero attached hydrogens (tertiary/aromatic N) is 5. The molecule has 2 fully saturated rings. The maximum Gasteiger partial charge on any atom is 0.260 e. The van der Waals surface area contributed by atoms with Gasteiger partial charge in [-0.25, -0.2) is 22.5 Å². The molecular formula is C26H28FN5O3S. The average molecular weight is 510 g/mol. The molecule has 1 aromatic carbocycles. The number of piperidine rings is 1. The second-order valence-electron chi connectivity index (χ2n) is 9.72. The first kappa shape index (κ1) is 23.5. The zero-order valence-corrected chi connectivity index (χ0v) is 20.7. The molecule has 4 heterocycles. The number of hydrogen-bond donors (Lipinski definition) is 0. The first-order valence-electron chi connectivity index (χ1n) is 12.2. The largest absolute Gasteiger partial charge is 0.379 e. The molecule has 8 nitrogen and oxygen atoms in total. The fourth-order valence-electron chi connectivity index (χ4n) is 5.65. The van der Waals surface area contributed by atoms with E-state index in [0.29, 0.717) is 39.1 Å². The molecule has 2 aromatic heterocycles. The summed E-state index contributed by atoms with van der Waals surface area (Å²) in [6, 6.07) is 11.3. The smallest absolute Gasteiger partial charge is 0.260 e. The molecule has 1 aliphatic carbocycles. The van der Waals surface area contributed by atoms with Gasteiger partial charge in [0.05, 0.1) is 30.8 Å². The van der Waals surface area contributed by atoms with Gasteiger partial charge in [-0.3, -0.25) is 4.90 Å². The van der Waals surface area contributed by atoms with E-state index in [-0.39, 0.29) is 16.3 Å². The third-order valence-electron chi connectivity index (χ3n) is 7.46. The van der Waals surface area contributed by atoms with Gasteiger partial charge in [-0.2, -0.15) is 9.40 Å². The van der Waals surface area contributed by atoms with E-state index in [1.165, 1.54) is 23.9 Å². The molecule has 0 saturated carbocycles. The lowest BCUT2D eigenvalue weighted by Crippen LogP contribution is -2.55. The normalized spacial score (nSPS) is 23.1. The number of benzene rings is 1. The highest BCUT2D eigenvalue weighted by Gasteiger charge is 2.47. The van der Waals surface area contributed by atoms with Crippen LogP contribution in [-0.4, -0.2) is 78.3 Å². The van der Waals surface area contributed by atoms with E-state index in [4.69, 9.17) is 4.74 Å². The molecule has 3 aliphatic rings. The molecule has 0 radical (unpaired) electrons. The van der Waals surface area contributed by atoms with E-state index >= 15 is 0 Å². The second-order valence-corrected chi connectivity index (χ2v) is 11.6. The van der Waals surface area contributed by atoms with Gasteiger partial charge in [-0.1, -0.05) is 11.6 Å². The number of morpholine rings is 1. The zero-order chi connectivity index (χ0) is 24.8. The molecular weight excluding hydrogens is 481 g/mol. The molecule has 10 heteroatoms. The quantitative estimate of drug-likeness (QED) is 0.526. The van der Waals surface area contributed by atoms with Crippen molar-refractivity contribution in [2.45, 2.75) is 17.9 Å².